The van der Waals surface area contributed by atoms with Crippen molar-refractivity contribution in [2.45, 2.75) is 33.1 Å². The number of rotatable bonds is 5. The zero-order chi connectivity index (χ0) is 21.0. The minimum atomic E-state index is -0.608. The van der Waals surface area contributed by atoms with Crippen LogP contribution in [0.5, 0.6) is 0 Å². The van der Waals surface area contributed by atoms with Gasteiger partial charge in [0, 0.05) is 11.9 Å². The van der Waals surface area contributed by atoms with E-state index in [-0.39, 0.29) is 17.6 Å². The molecule has 3 rings (SSSR count). The van der Waals surface area contributed by atoms with Crippen LogP contribution in [0, 0.1) is 6.92 Å². The summed E-state index contributed by atoms with van der Waals surface area (Å²) < 4.78 is 6.69. The molecular weight excluding hydrogens is 368 g/mol. The number of carbonyl (C=O) groups excluding carboxylic acids is 2. The number of aromatic nitrogens is 3. The van der Waals surface area contributed by atoms with Gasteiger partial charge >= 0.3 is 5.97 Å². The van der Waals surface area contributed by atoms with E-state index in [0.29, 0.717) is 17.2 Å². The van der Waals surface area contributed by atoms with Crippen LogP contribution in [0.4, 0.5) is 5.69 Å². The summed E-state index contributed by atoms with van der Waals surface area (Å²) in [5, 5.41) is 6.91. The SMILES string of the molecule is Cc1c(C(=O)OCC(=O)Nc2ccc(C(C)(C)C)cc2)cnn1-c1ccccn1. The Morgan fingerprint density at radius 2 is 1.83 bits per heavy atom. The molecule has 0 fully saturated rings. The maximum absolute atomic E-state index is 12.3. The van der Waals surface area contributed by atoms with Gasteiger partial charge in [0.25, 0.3) is 5.91 Å². The Bertz CT molecular complexity index is 1000. The fraction of sp³-hybridized carbons (Fsp3) is 0.273. The number of carbonyl (C=O) groups is 2. The van der Waals surface area contributed by atoms with E-state index >= 15 is 0 Å². The van der Waals surface area contributed by atoms with E-state index in [2.05, 4.69) is 36.2 Å². The van der Waals surface area contributed by atoms with E-state index < -0.39 is 11.9 Å². The lowest BCUT2D eigenvalue weighted by molar-refractivity contribution is -0.119. The summed E-state index contributed by atoms with van der Waals surface area (Å²) in [5.74, 6) is -0.417. The maximum Gasteiger partial charge on any atom is 0.342 e. The third kappa shape index (κ3) is 4.87. The molecule has 0 saturated carbocycles. The largest absolute Gasteiger partial charge is 0.452 e. The highest BCUT2D eigenvalue weighted by molar-refractivity contribution is 5.95. The Hall–Kier alpha value is -3.48. The van der Waals surface area contributed by atoms with Gasteiger partial charge in [0.1, 0.15) is 5.56 Å². The van der Waals surface area contributed by atoms with Gasteiger partial charge in [0.05, 0.1) is 11.9 Å². The average Bonchev–Trinajstić information content (AvgIpc) is 3.08. The molecule has 2 aromatic heterocycles. The van der Waals surface area contributed by atoms with Crippen molar-refractivity contribution in [3.05, 3.63) is 71.7 Å². The van der Waals surface area contributed by atoms with E-state index in [1.807, 2.05) is 30.3 Å². The standard InChI is InChI=1S/C22H24N4O3/c1-15-18(13-24-26(15)19-7-5-6-12-23-19)21(28)29-14-20(27)25-17-10-8-16(9-11-17)22(2,3)4/h5-13H,14H2,1-4H3,(H,25,27). The van der Waals surface area contributed by atoms with Crippen LogP contribution in [-0.4, -0.2) is 33.2 Å². The molecule has 0 atom stereocenters. The third-order valence-electron chi connectivity index (χ3n) is 4.47. The number of nitrogens with one attached hydrogen (secondary N) is 1. The predicted octanol–water partition coefficient (Wildman–Crippen LogP) is 3.67. The fourth-order valence-electron chi connectivity index (χ4n) is 2.78. The zero-order valence-corrected chi connectivity index (χ0v) is 17.0. The van der Waals surface area contributed by atoms with Crippen LogP contribution < -0.4 is 5.32 Å². The van der Waals surface area contributed by atoms with Gasteiger partial charge in [0.15, 0.2) is 12.4 Å². The quantitative estimate of drug-likeness (QED) is 0.670. The van der Waals surface area contributed by atoms with Crippen molar-refractivity contribution in [3.63, 3.8) is 0 Å². The van der Waals surface area contributed by atoms with Crippen LogP contribution >= 0.6 is 0 Å². The van der Waals surface area contributed by atoms with Gasteiger partial charge in [-0.05, 0) is 42.2 Å². The van der Waals surface area contributed by atoms with Crippen molar-refractivity contribution in [2.24, 2.45) is 0 Å². The number of nitrogens with zero attached hydrogens (tertiary/aromatic N) is 3. The van der Waals surface area contributed by atoms with Gasteiger partial charge in [-0.15, -0.1) is 0 Å². The molecule has 0 spiro atoms. The number of ether oxygens (including phenoxy) is 1. The molecule has 0 aliphatic carbocycles. The molecule has 1 amide bonds. The molecule has 150 valence electrons. The Kier molecular flexibility index (Phi) is 5.77. The first-order chi connectivity index (χ1) is 13.8. The monoisotopic (exact) mass is 392 g/mol. The molecule has 7 nitrogen and oxygen atoms in total. The normalized spacial score (nSPS) is 11.2. The highest BCUT2D eigenvalue weighted by atomic mass is 16.5. The Balaban J connectivity index is 1.58. The molecule has 0 radical (unpaired) electrons. The van der Waals surface area contributed by atoms with E-state index in [1.165, 1.54) is 11.8 Å². The van der Waals surface area contributed by atoms with Crippen molar-refractivity contribution >= 4 is 17.6 Å². The van der Waals surface area contributed by atoms with Gasteiger partial charge in [-0.25, -0.2) is 14.5 Å². The summed E-state index contributed by atoms with van der Waals surface area (Å²) in [6.45, 7) is 7.73. The number of esters is 1. The molecule has 0 unspecified atom stereocenters. The Morgan fingerprint density at radius 1 is 1.10 bits per heavy atom. The summed E-state index contributed by atoms with van der Waals surface area (Å²) in [4.78, 5) is 28.7. The number of amides is 1. The molecule has 2 heterocycles. The topological polar surface area (TPSA) is 86.1 Å². The molecule has 7 heteroatoms. The molecule has 0 saturated heterocycles. The summed E-state index contributed by atoms with van der Waals surface area (Å²) in [6.07, 6.45) is 3.06. The molecule has 0 bridgehead atoms. The predicted molar refractivity (Wildman–Crippen MR) is 110 cm³/mol. The number of hydrogen-bond acceptors (Lipinski definition) is 5. The molecule has 1 aromatic carbocycles. The first-order valence-corrected chi connectivity index (χ1v) is 9.29. The van der Waals surface area contributed by atoms with Crippen molar-refractivity contribution < 1.29 is 14.3 Å². The van der Waals surface area contributed by atoms with Crippen LogP contribution in [0.15, 0.2) is 54.9 Å². The van der Waals surface area contributed by atoms with E-state index in [1.54, 1.807) is 29.9 Å². The summed E-state index contributed by atoms with van der Waals surface area (Å²) >= 11 is 0. The van der Waals surface area contributed by atoms with Crippen molar-refractivity contribution in [3.8, 4) is 5.82 Å². The molecule has 0 aliphatic heterocycles. The van der Waals surface area contributed by atoms with E-state index in [0.717, 1.165) is 0 Å². The van der Waals surface area contributed by atoms with Crippen LogP contribution in [0.3, 0.4) is 0 Å². The molecule has 0 aliphatic rings. The zero-order valence-electron chi connectivity index (χ0n) is 17.0. The Morgan fingerprint density at radius 3 is 2.45 bits per heavy atom. The van der Waals surface area contributed by atoms with E-state index in [9.17, 15) is 9.59 Å². The minimum absolute atomic E-state index is 0.0373. The first kappa shape index (κ1) is 20.3. The molecular formula is C22H24N4O3. The lowest BCUT2D eigenvalue weighted by Gasteiger charge is -2.19. The number of hydrogen-bond donors (Lipinski definition) is 1. The highest BCUT2D eigenvalue weighted by Crippen LogP contribution is 2.23. The first-order valence-electron chi connectivity index (χ1n) is 9.29. The molecule has 29 heavy (non-hydrogen) atoms. The number of anilines is 1. The highest BCUT2D eigenvalue weighted by Gasteiger charge is 2.18. The molecule has 1 N–H and O–H groups in total. The van der Waals surface area contributed by atoms with Gasteiger partial charge < -0.3 is 10.1 Å². The smallest absolute Gasteiger partial charge is 0.342 e. The Labute approximate surface area is 169 Å². The van der Waals surface area contributed by atoms with Crippen molar-refractivity contribution in [1.82, 2.24) is 14.8 Å². The second-order valence-electron chi connectivity index (χ2n) is 7.70. The second-order valence-corrected chi connectivity index (χ2v) is 7.70. The fourth-order valence-corrected chi connectivity index (χ4v) is 2.78. The summed E-state index contributed by atoms with van der Waals surface area (Å²) in [6, 6.07) is 13.0. The van der Waals surface area contributed by atoms with Gasteiger partial charge in [0.2, 0.25) is 0 Å². The van der Waals surface area contributed by atoms with Crippen LogP contribution in [0.1, 0.15) is 42.4 Å². The average molecular weight is 392 g/mol. The number of benzene rings is 1. The van der Waals surface area contributed by atoms with Gasteiger partial charge in [-0.3, -0.25) is 4.79 Å². The maximum atomic E-state index is 12.3. The minimum Gasteiger partial charge on any atom is -0.452 e. The van der Waals surface area contributed by atoms with Gasteiger partial charge in [-0.2, -0.15) is 5.10 Å². The van der Waals surface area contributed by atoms with Gasteiger partial charge in [-0.1, -0.05) is 39.0 Å². The second kappa shape index (κ2) is 8.26. The van der Waals surface area contributed by atoms with Crippen LogP contribution in [0.25, 0.3) is 5.82 Å². The van der Waals surface area contributed by atoms with Crippen LogP contribution in [-0.2, 0) is 14.9 Å². The summed E-state index contributed by atoms with van der Waals surface area (Å²) in [5.41, 5.74) is 2.74. The lowest BCUT2D eigenvalue weighted by Crippen LogP contribution is -2.21. The number of pyridine rings is 1. The summed E-state index contributed by atoms with van der Waals surface area (Å²) in [7, 11) is 0. The van der Waals surface area contributed by atoms with Crippen LogP contribution in [0.2, 0.25) is 0 Å². The van der Waals surface area contributed by atoms with Crippen molar-refractivity contribution in [1.29, 1.82) is 0 Å². The third-order valence-corrected chi connectivity index (χ3v) is 4.47. The lowest BCUT2D eigenvalue weighted by atomic mass is 9.87. The van der Waals surface area contributed by atoms with E-state index in [4.69, 9.17) is 4.74 Å². The van der Waals surface area contributed by atoms with Crippen molar-refractivity contribution in [2.75, 3.05) is 11.9 Å². The molecule has 3 aromatic rings.